The molecule has 0 amide bonds. The second kappa shape index (κ2) is 6.94. The number of rotatable bonds is 5. The van der Waals surface area contributed by atoms with Crippen molar-refractivity contribution in [2.45, 2.75) is 32.8 Å². The van der Waals surface area contributed by atoms with Crippen molar-refractivity contribution in [2.24, 2.45) is 11.8 Å². The predicted molar refractivity (Wildman–Crippen MR) is 111 cm³/mol. The molecular formula is C25H22FNO3. The summed E-state index contributed by atoms with van der Waals surface area (Å²) in [6.45, 7) is 4.19. The SMILES string of the molecule is Cc1cccc(C)c1-c1ccc(F)c(COc2cc3c(cn2)C2C(C3)C2C(=O)O)c1. The van der Waals surface area contributed by atoms with E-state index in [9.17, 15) is 14.3 Å². The molecule has 1 N–H and O–H groups in total. The molecule has 0 bridgehead atoms. The van der Waals surface area contributed by atoms with E-state index in [1.54, 1.807) is 12.3 Å². The third kappa shape index (κ3) is 3.05. The van der Waals surface area contributed by atoms with Crippen molar-refractivity contribution in [3.8, 4) is 17.0 Å². The lowest BCUT2D eigenvalue weighted by Crippen LogP contribution is -2.06. The Morgan fingerprint density at radius 2 is 1.97 bits per heavy atom. The molecule has 0 saturated heterocycles. The largest absolute Gasteiger partial charge is 0.481 e. The molecule has 5 rings (SSSR count). The van der Waals surface area contributed by atoms with Gasteiger partial charge in [-0.15, -0.1) is 0 Å². The summed E-state index contributed by atoms with van der Waals surface area (Å²) < 4.78 is 20.2. The van der Waals surface area contributed by atoms with Gasteiger partial charge < -0.3 is 9.84 Å². The Morgan fingerprint density at radius 1 is 1.20 bits per heavy atom. The number of carboxylic acid groups (broad SMARTS) is 1. The topological polar surface area (TPSA) is 59.4 Å². The maximum absolute atomic E-state index is 14.4. The molecule has 0 spiro atoms. The van der Waals surface area contributed by atoms with E-state index in [-0.39, 0.29) is 30.2 Å². The van der Waals surface area contributed by atoms with Crippen LogP contribution in [0.2, 0.25) is 0 Å². The first-order valence-corrected chi connectivity index (χ1v) is 10.1. The summed E-state index contributed by atoms with van der Waals surface area (Å²) in [5, 5.41) is 9.23. The fraction of sp³-hybridized carbons (Fsp3) is 0.280. The number of fused-ring (bicyclic) bond motifs is 3. The number of carboxylic acids is 1. The Balaban J connectivity index is 1.35. The number of aromatic nitrogens is 1. The molecule has 1 aromatic heterocycles. The van der Waals surface area contributed by atoms with E-state index in [1.807, 2.05) is 18.2 Å². The van der Waals surface area contributed by atoms with Gasteiger partial charge in [0.2, 0.25) is 5.88 Å². The highest BCUT2D eigenvalue weighted by molar-refractivity contribution is 5.77. The zero-order chi connectivity index (χ0) is 21.0. The molecule has 3 atom stereocenters. The fourth-order valence-corrected chi connectivity index (χ4v) is 4.95. The average Bonchev–Trinajstić information content (AvgIpc) is 3.31. The normalized spacial score (nSPS) is 21.1. The lowest BCUT2D eigenvalue weighted by atomic mass is 9.94. The maximum atomic E-state index is 14.4. The van der Waals surface area contributed by atoms with Gasteiger partial charge in [-0.1, -0.05) is 24.3 Å². The van der Waals surface area contributed by atoms with Gasteiger partial charge in [-0.25, -0.2) is 9.37 Å². The summed E-state index contributed by atoms with van der Waals surface area (Å²) in [5.41, 5.74) is 6.96. The van der Waals surface area contributed by atoms with Gasteiger partial charge in [0.1, 0.15) is 12.4 Å². The summed E-state index contributed by atoms with van der Waals surface area (Å²) in [4.78, 5) is 15.6. The summed E-state index contributed by atoms with van der Waals surface area (Å²) in [6.07, 6.45) is 2.47. The maximum Gasteiger partial charge on any atom is 0.307 e. The lowest BCUT2D eigenvalue weighted by molar-refractivity contribution is -0.139. The molecule has 2 aromatic carbocycles. The Kier molecular flexibility index (Phi) is 4.35. The number of aliphatic carboxylic acids is 1. The zero-order valence-electron chi connectivity index (χ0n) is 16.9. The number of halogens is 1. The Labute approximate surface area is 174 Å². The highest BCUT2D eigenvalue weighted by Crippen LogP contribution is 2.61. The molecule has 2 aliphatic carbocycles. The van der Waals surface area contributed by atoms with Crippen LogP contribution in [0.3, 0.4) is 0 Å². The standard InChI is InChI=1S/C25H22FNO3/c1-13-4-3-5-14(2)22(13)15-6-7-20(26)17(8-15)12-30-21-10-16-9-18-23(19(16)11-27-21)24(18)25(28)29/h3-8,10-11,18,23-24H,9,12H2,1-2H3,(H,28,29). The smallest absolute Gasteiger partial charge is 0.307 e. The van der Waals surface area contributed by atoms with Gasteiger partial charge >= 0.3 is 5.97 Å². The predicted octanol–water partition coefficient (Wildman–Crippen LogP) is 5.05. The second-order valence-electron chi connectivity index (χ2n) is 8.34. The van der Waals surface area contributed by atoms with E-state index < -0.39 is 5.97 Å². The number of nitrogens with zero attached hydrogens (tertiary/aromatic N) is 1. The minimum atomic E-state index is -0.727. The number of pyridine rings is 1. The number of aryl methyl sites for hydroxylation is 2. The zero-order valence-corrected chi connectivity index (χ0v) is 16.9. The average molecular weight is 403 g/mol. The fourth-order valence-electron chi connectivity index (χ4n) is 4.95. The van der Waals surface area contributed by atoms with Crippen molar-refractivity contribution in [2.75, 3.05) is 0 Å². The van der Waals surface area contributed by atoms with Crippen LogP contribution in [0.1, 0.15) is 33.7 Å². The van der Waals surface area contributed by atoms with Gasteiger partial charge in [0, 0.05) is 23.7 Å². The van der Waals surface area contributed by atoms with Crippen LogP contribution in [0.5, 0.6) is 5.88 Å². The van der Waals surface area contributed by atoms with Crippen molar-refractivity contribution < 1.29 is 19.0 Å². The van der Waals surface area contributed by atoms with Crippen LogP contribution in [0.4, 0.5) is 4.39 Å². The van der Waals surface area contributed by atoms with Crippen LogP contribution < -0.4 is 4.74 Å². The summed E-state index contributed by atoms with van der Waals surface area (Å²) in [7, 11) is 0. The van der Waals surface area contributed by atoms with E-state index in [4.69, 9.17) is 4.74 Å². The second-order valence-corrected chi connectivity index (χ2v) is 8.34. The van der Waals surface area contributed by atoms with Crippen molar-refractivity contribution in [3.05, 3.63) is 82.3 Å². The van der Waals surface area contributed by atoms with Crippen LogP contribution in [-0.2, 0) is 17.8 Å². The molecule has 0 aliphatic heterocycles. The lowest BCUT2D eigenvalue weighted by Gasteiger charge is -2.13. The molecule has 30 heavy (non-hydrogen) atoms. The quantitative estimate of drug-likeness (QED) is 0.647. The number of hydrogen-bond acceptors (Lipinski definition) is 3. The van der Waals surface area contributed by atoms with Gasteiger partial charge in [-0.3, -0.25) is 4.79 Å². The van der Waals surface area contributed by atoms with E-state index >= 15 is 0 Å². The van der Waals surface area contributed by atoms with Crippen molar-refractivity contribution >= 4 is 5.97 Å². The third-order valence-electron chi connectivity index (χ3n) is 6.46. The molecule has 3 unspecified atom stereocenters. The van der Waals surface area contributed by atoms with Crippen LogP contribution in [0, 0.1) is 31.5 Å². The van der Waals surface area contributed by atoms with Gasteiger partial charge in [-0.2, -0.15) is 0 Å². The monoisotopic (exact) mass is 403 g/mol. The number of benzene rings is 2. The Hall–Kier alpha value is -3.21. The first kappa shape index (κ1) is 18.8. The molecule has 2 aliphatic rings. The minimum Gasteiger partial charge on any atom is -0.481 e. The highest BCUT2D eigenvalue weighted by atomic mass is 19.1. The van der Waals surface area contributed by atoms with Gasteiger partial charge in [0.05, 0.1) is 5.92 Å². The Bertz CT molecular complexity index is 1150. The third-order valence-corrected chi connectivity index (χ3v) is 6.46. The number of ether oxygens (including phenoxy) is 1. The van der Waals surface area contributed by atoms with E-state index in [0.717, 1.165) is 39.8 Å². The van der Waals surface area contributed by atoms with Crippen LogP contribution in [0.25, 0.3) is 11.1 Å². The molecule has 1 heterocycles. The van der Waals surface area contributed by atoms with E-state index in [2.05, 4.69) is 31.0 Å². The summed E-state index contributed by atoms with van der Waals surface area (Å²) >= 11 is 0. The van der Waals surface area contributed by atoms with Crippen molar-refractivity contribution in [1.29, 1.82) is 0 Å². The van der Waals surface area contributed by atoms with E-state index in [0.29, 0.717) is 11.4 Å². The first-order chi connectivity index (χ1) is 14.4. The molecule has 5 heteroatoms. The van der Waals surface area contributed by atoms with Gasteiger partial charge in [0.15, 0.2) is 0 Å². The van der Waals surface area contributed by atoms with Crippen molar-refractivity contribution in [3.63, 3.8) is 0 Å². The van der Waals surface area contributed by atoms with Crippen LogP contribution >= 0.6 is 0 Å². The number of carbonyl (C=O) groups is 1. The van der Waals surface area contributed by atoms with E-state index in [1.165, 1.54) is 6.07 Å². The Morgan fingerprint density at radius 3 is 2.70 bits per heavy atom. The molecule has 4 nitrogen and oxygen atoms in total. The van der Waals surface area contributed by atoms with Gasteiger partial charge in [-0.05, 0) is 71.7 Å². The molecule has 152 valence electrons. The first-order valence-electron chi connectivity index (χ1n) is 10.1. The summed E-state index contributed by atoms with van der Waals surface area (Å²) in [6, 6.07) is 13.1. The molecule has 0 radical (unpaired) electrons. The van der Waals surface area contributed by atoms with Gasteiger partial charge in [0.25, 0.3) is 0 Å². The molecular weight excluding hydrogens is 381 g/mol. The van der Waals surface area contributed by atoms with Crippen molar-refractivity contribution in [1.82, 2.24) is 4.98 Å². The summed E-state index contributed by atoms with van der Waals surface area (Å²) in [5.74, 6) is -0.593. The highest BCUT2D eigenvalue weighted by Gasteiger charge is 2.59. The molecule has 1 fully saturated rings. The molecule has 1 saturated carbocycles. The minimum absolute atomic E-state index is 0.0843. The number of hydrogen-bond donors (Lipinski definition) is 1. The van der Waals surface area contributed by atoms with Crippen LogP contribution in [-0.4, -0.2) is 16.1 Å². The van der Waals surface area contributed by atoms with Crippen LogP contribution in [0.15, 0.2) is 48.7 Å². The molecule has 3 aromatic rings.